The zero-order valence-electron chi connectivity index (χ0n) is 8.40. The number of nitrogens with zero attached hydrogens (tertiary/aromatic N) is 1. The average Bonchev–Trinajstić information content (AvgIpc) is 2.79. The molecule has 15 heavy (non-hydrogen) atoms. The van der Waals surface area contributed by atoms with Gasteiger partial charge in [-0.05, 0) is 13.3 Å². The summed E-state index contributed by atoms with van der Waals surface area (Å²) in [6, 6.07) is -0.646. The van der Waals surface area contributed by atoms with Crippen LogP contribution in [-0.4, -0.2) is 42.7 Å². The Morgan fingerprint density at radius 3 is 2.67 bits per heavy atom. The smallest absolute Gasteiger partial charge is 0.336 e. The van der Waals surface area contributed by atoms with Gasteiger partial charge < -0.3 is 10.2 Å². The molecule has 0 radical (unpaired) electrons. The van der Waals surface area contributed by atoms with E-state index in [1.807, 2.05) is 0 Å². The summed E-state index contributed by atoms with van der Waals surface area (Å²) in [5.74, 6) is -0.223. The van der Waals surface area contributed by atoms with E-state index in [4.69, 9.17) is 0 Å². The number of nitrogens with one attached hydrogen (secondary N) is 1. The SMILES string of the molecule is CC1(C(F)(F)F)CC1N1CCNCC1=O. The summed E-state index contributed by atoms with van der Waals surface area (Å²) in [6.07, 6.45) is -4.16. The van der Waals surface area contributed by atoms with Crippen LogP contribution in [0.5, 0.6) is 0 Å². The van der Waals surface area contributed by atoms with Crippen LogP contribution in [0, 0.1) is 5.41 Å². The summed E-state index contributed by atoms with van der Waals surface area (Å²) in [7, 11) is 0. The molecule has 2 unspecified atom stereocenters. The molecule has 2 rings (SSSR count). The van der Waals surface area contributed by atoms with Crippen molar-refractivity contribution in [3.63, 3.8) is 0 Å². The molecule has 0 aromatic heterocycles. The van der Waals surface area contributed by atoms with Crippen molar-refractivity contribution >= 4 is 5.91 Å². The van der Waals surface area contributed by atoms with Gasteiger partial charge in [0, 0.05) is 19.1 Å². The molecule has 86 valence electrons. The standard InChI is InChI=1S/C9H13F3N2O/c1-8(9(10,11)12)4-6(8)14-3-2-13-5-7(14)15/h6,13H,2-5H2,1H3. The molecule has 2 atom stereocenters. The van der Waals surface area contributed by atoms with Crippen molar-refractivity contribution in [1.29, 1.82) is 0 Å². The summed E-state index contributed by atoms with van der Waals surface area (Å²) >= 11 is 0. The third-order valence-corrected chi connectivity index (χ3v) is 3.34. The van der Waals surface area contributed by atoms with E-state index in [9.17, 15) is 18.0 Å². The molecule has 1 aliphatic carbocycles. The number of amides is 1. The summed E-state index contributed by atoms with van der Waals surface area (Å²) in [5, 5.41) is 2.84. The number of alkyl halides is 3. The number of carbonyl (C=O) groups is 1. The lowest BCUT2D eigenvalue weighted by atomic mass is 10.1. The lowest BCUT2D eigenvalue weighted by Gasteiger charge is -2.30. The average molecular weight is 222 g/mol. The van der Waals surface area contributed by atoms with Gasteiger partial charge in [-0.3, -0.25) is 4.79 Å². The van der Waals surface area contributed by atoms with Crippen molar-refractivity contribution in [1.82, 2.24) is 10.2 Å². The van der Waals surface area contributed by atoms with Crippen LogP contribution in [0.25, 0.3) is 0 Å². The van der Waals surface area contributed by atoms with E-state index >= 15 is 0 Å². The first kappa shape index (κ1) is 10.7. The molecule has 0 bridgehead atoms. The Labute approximate surface area is 85.6 Å². The zero-order chi connectivity index (χ0) is 11.3. The predicted molar refractivity (Wildman–Crippen MR) is 47.1 cm³/mol. The van der Waals surface area contributed by atoms with Crippen molar-refractivity contribution in [3.8, 4) is 0 Å². The van der Waals surface area contributed by atoms with Gasteiger partial charge in [0.05, 0.1) is 12.0 Å². The minimum Gasteiger partial charge on any atom is -0.336 e. The molecule has 0 aromatic rings. The third kappa shape index (κ3) is 1.60. The normalized spacial score (nSPS) is 36.9. The van der Waals surface area contributed by atoms with Crippen molar-refractivity contribution in [2.75, 3.05) is 19.6 Å². The van der Waals surface area contributed by atoms with E-state index in [1.165, 1.54) is 11.8 Å². The molecule has 3 nitrogen and oxygen atoms in total. The van der Waals surface area contributed by atoms with Gasteiger partial charge in [-0.1, -0.05) is 0 Å². The van der Waals surface area contributed by atoms with Crippen LogP contribution in [-0.2, 0) is 4.79 Å². The molecule has 0 aromatic carbocycles. The molecule has 1 saturated carbocycles. The molecule has 0 spiro atoms. The number of carbonyl (C=O) groups excluding carboxylic acids is 1. The Bertz CT molecular complexity index is 292. The van der Waals surface area contributed by atoms with Crippen LogP contribution in [0.15, 0.2) is 0 Å². The molecule has 1 heterocycles. The maximum absolute atomic E-state index is 12.6. The number of halogens is 3. The third-order valence-electron chi connectivity index (χ3n) is 3.34. The van der Waals surface area contributed by atoms with E-state index in [0.29, 0.717) is 13.1 Å². The molecule has 2 fully saturated rings. The Hall–Kier alpha value is -0.780. The van der Waals surface area contributed by atoms with E-state index < -0.39 is 17.6 Å². The van der Waals surface area contributed by atoms with Gasteiger partial charge in [0.25, 0.3) is 0 Å². The minimum absolute atomic E-state index is 0.0439. The maximum Gasteiger partial charge on any atom is 0.396 e. The first-order valence-corrected chi connectivity index (χ1v) is 4.93. The van der Waals surface area contributed by atoms with E-state index in [-0.39, 0.29) is 18.9 Å². The van der Waals surface area contributed by atoms with Crippen molar-refractivity contribution in [2.24, 2.45) is 5.41 Å². The first-order chi connectivity index (χ1) is 6.86. The van der Waals surface area contributed by atoms with Gasteiger partial charge in [-0.2, -0.15) is 13.2 Å². The quantitative estimate of drug-likeness (QED) is 0.710. The number of piperazine rings is 1. The Balaban J connectivity index is 2.06. The highest BCUT2D eigenvalue weighted by Gasteiger charge is 2.69. The van der Waals surface area contributed by atoms with Crippen LogP contribution in [0.4, 0.5) is 13.2 Å². The van der Waals surface area contributed by atoms with Crippen LogP contribution in [0.2, 0.25) is 0 Å². The molecule has 1 aliphatic heterocycles. The first-order valence-electron chi connectivity index (χ1n) is 4.93. The van der Waals surface area contributed by atoms with Gasteiger partial charge in [0.2, 0.25) is 5.91 Å². The summed E-state index contributed by atoms with van der Waals surface area (Å²) in [6.45, 7) is 2.31. The second-order valence-electron chi connectivity index (χ2n) is 4.40. The molecule has 1 amide bonds. The number of hydrogen-bond acceptors (Lipinski definition) is 2. The van der Waals surface area contributed by atoms with Crippen LogP contribution in [0.3, 0.4) is 0 Å². The van der Waals surface area contributed by atoms with Crippen molar-refractivity contribution < 1.29 is 18.0 Å². The van der Waals surface area contributed by atoms with Gasteiger partial charge in [-0.15, -0.1) is 0 Å². The lowest BCUT2D eigenvalue weighted by molar-refractivity contribution is -0.188. The highest BCUT2D eigenvalue weighted by Crippen LogP contribution is 2.59. The topological polar surface area (TPSA) is 32.3 Å². The highest BCUT2D eigenvalue weighted by molar-refractivity contribution is 5.79. The minimum atomic E-state index is -4.21. The van der Waals surface area contributed by atoms with Gasteiger partial charge in [0.15, 0.2) is 0 Å². The fourth-order valence-corrected chi connectivity index (χ4v) is 2.05. The lowest BCUT2D eigenvalue weighted by Crippen LogP contribution is -2.50. The monoisotopic (exact) mass is 222 g/mol. The fraction of sp³-hybridized carbons (Fsp3) is 0.889. The fourth-order valence-electron chi connectivity index (χ4n) is 2.05. The summed E-state index contributed by atoms with van der Waals surface area (Å²) < 4.78 is 37.8. The van der Waals surface area contributed by atoms with E-state index in [0.717, 1.165) is 0 Å². The van der Waals surface area contributed by atoms with Crippen molar-refractivity contribution in [2.45, 2.75) is 25.6 Å². The molecule has 6 heteroatoms. The number of hydrogen-bond donors (Lipinski definition) is 1. The van der Waals surface area contributed by atoms with Gasteiger partial charge in [-0.25, -0.2) is 0 Å². The van der Waals surface area contributed by atoms with Crippen LogP contribution in [0.1, 0.15) is 13.3 Å². The second-order valence-corrected chi connectivity index (χ2v) is 4.40. The van der Waals surface area contributed by atoms with Crippen molar-refractivity contribution in [3.05, 3.63) is 0 Å². The second kappa shape index (κ2) is 3.10. The largest absolute Gasteiger partial charge is 0.396 e. The molecule has 1 N–H and O–H groups in total. The molecule has 2 aliphatic rings. The molecule has 1 saturated heterocycles. The van der Waals surface area contributed by atoms with E-state index in [2.05, 4.69) is 5.32 Å². The highest BCUT2D eigenvalue weighted by atomic mass is 19.4. The Kier molecular flexibility index (Phi) is 2.22. The predicted octanol–water partition coefficient (Wildman–Crippen LogP) is 0.759. The van der Waals surface area contributed by atoms with Crippen LogP contribution < -0.4 is 5.32 Å². The zero-order valence-corrected chi connectivity index (χ0v) is 8.40. The van der Waals surface area contributed by atoms with Crippen LogP contribution >= 0.6 is 0 Å². The number of rotatable bonds is 1. The Morgan fingerprint density at radius 1 is 1.53 bits per heavy atom. The Morgan fingerprint density at radius 2 is 2.20 bits per heavy atom. The maximum atomic E-state index is 12.6. The summed E-state index contributed by atoms with van der Waals surface area (Å²) in [4.78, 5) is 12.8. The van der Waals surface area contributed by atoms with Gasteiger partial charge >= 0.3 is 6.18 Å². The molecular weight excluding hydrogens is 209 g/mol. The van der Waals surface area contributed by atoms with Gasteiger partial charge in [0.1, 0.15) is 0 Å². The summed E-state index contributed by atoms with van der Waals surface area (Å²) in [5.41, 5.74) is -1.68. The molecular formula is C9H13F3N2O. The van der Waals surface area contributed by atoms with E-state index in [1.54, 1.807) is 0 Å².